The molecule has 0 radical (unpaired) electrons. The van der Waals surface area contributed by atoms with Crippen molar-refractivity contribution >= 4 is 23.9 Å². The molecule has 1 aromatic rings. The zero-order valence-corrected chi connectivity index (χ0v) is 16.9. The van der Waals surface area contributed by atoms with Crippen LogP contribution < -0.4 is 10.6 Å². The van der Waals surface area contributed by atoms with E-state index in [4.69, 9.17) is 9.47 Å². The van der Waals surface area contributed by atoms with Gasteiger partial charge in [-0.1, -0.05) is 36.9 Å². The number of carbonyl (C=O) groups excluding carboxylic acids is 4. The first-order valence-corrected chi connectivity index (χ1v) is 8.79. The lowest BCUT2D eigenvalue weighted by Crippen LogP contribution is -2.49. The molecule has 0 aliphatic rings. The minimum Gasteiger partial charge on any atom is -0.464 e. The van der Waals surface area contributed by atoms with Gasteiger partial charge in [0.1, 0.15) is 23.9 Å². The molecule has 9 nitrogen and oxygen atoms in total. The van der Waals surface area contributed by atoms with Gasteiger partial charge < -0.3 is 24.8 Å². The third-order valence-corrected chi connectivity index (χ3v) is 3.33. The fraction of sp³-hybridized carbons (Fsp3) is 0.400. The molecule has 2 N–H and O–H groups in total. The summed E-state index contributed by atoms with van der Waals surface area (Å²) in [5, 5.41) is 4.49. The van der Waals surface area contributed by atoms with E-state index in [2.05, 4.69) is 21.9 Å². The van der Waals surface area contributed by atoms with Gasteiger partial charge in [-0.05, 0) is 26.3 Å². The standard InChI is InChI=1S/C20H26N2O7/c1-13(18(25)27-5)21-17(24)15(22-19(26)29-20(2,3)4)11-16(23)28-12-14-9-7-6-8-10-14/h6-10,15H,1,11-12H2,2-5H3,(H,21,24)(H,22,26)/t15-/m1/s1. The van der Waals surface area contributed by atoms with Crippen LogP contribution in [0.1, 0.15) is 32.8 Å². The zero-order valence-electron chi connectivity index (χ0n) is 16.9. The average molecular weight is 406 g/mol. The SMILES string of the molecule is C=C(NC(=O)[C@@H](CC(=O)OCc1ccccc1)NC(=O)OC(C)(C)C)C(=O)OC. The molecule has 0 aliphatic carbocycles. The molecule has 0 saturated carbocycles. The monoisotopic (exact) mass is 406 g/mol. The molecule has 0 heterocycles. The summed E-state index contributed by atoms with van der Waals surface area (Å²) in [5.74, 6) is -2.43. The Balaban J connectivity index is 2.78. The minimum atomic E-state index is -1.35. The molecule has 158 valence electrons. The van der Waals surface area contributed by atoms with Gasteiger partial charge in [-0.2, -0.15) is 0 Å². The third kappa shape index (κ3) is 9.41. The topological polar surface area (TPSA) is 120 Å². The molecule has 1 rings (SSSR count). The van der Waals surface area contributed by atoms with Crippen LogP contribution in [0.2, 0.25) is 0 Å². The lowest BCUT2D eigenvalue weighted by molar-refractivity contribution is -0.147. The second-order valence-electron chi connectivity index (χ2n) is 7.01. The highest BCUT2D eigenvalue weighted by molar-refractivity contribution is 5.97. The molecule has 0 spiro atoms. The van der Waals surface area contributed by atoms with Crippen molar-refractivity contribution in [2.75, 3.05) is 7.11 Å². The fourth-order valence-electron chi connectivity index (χ4n) is 2.03. The molecule has 0 bridgehead atoms. The Morgan fingerprint density at radius 1 is 1.10 bits per heavy atom. The van der Waals surface area contributed by atoms with Gasteiger partial charge >= 0.3 is 18.0 Å². The van der Waals surface area contributed by atoms with E-state index in [0.29, 0.717) is 0 Å². The summed E-state index contributed by atoms with van der Waals surface area (Å²) in [4.78, 5) is 48.0. The Kier molecular flexibility index (Phi) is 8.85. The Morgan fingerprint density at radius 3 is 2.28 bits per heavy atom. The number of carbonyl (C=O) groups is 4. The molecule has 0 fully saturated rings. The van der Waals surface area contributed by atoms with E-state index in [0.717, 1.165) is 12.7 Å². The summed E-state index contributed by atoms with van der Waals surface area (Å²) in [6.07, 6.45) is -1.39. The van der Waals surface area contributed by atoms with Gasteiger partial charge in [0.05, 0.1) is 13.5 Å². The first-order valence-electron chi connectivity index (χ1n) is 8.79. The van der Waals surface area contributed by atoms with Gasteiger partial charge in [-0.25, -0.2) is 9.59 Å². The Labute approximate surface area is 169 Å². The first-order chi connectivity index (χ1) is 13.5. The van der Waals surface area contributed by atoms with Crippen LogP contribution in [0.15, 0.2) is 42.6 Å². The van der Waals surface area contributed by atoms with Gasteiger partial charge in [0, 0.05) is 0 Å². The minimum absolute atomic E-state index is 0.00924. The van der Waals surface area contributed by atoms with E-state index in [1.54, 1.807) is 45.0 Å². The number of rotatable bonds is 8. The molecule has 29 heavy (non-hydrogen) atoms. The number of amides is 2. The van der Waals surface area contributed by atoms with Gasteiger partial charge in [-0.3, -0.25) is 9.59 Å². The van der Waals surface area contributed by atoms with E-state index < -0.39 is 42.0 Å². The number of hydrogen-bond acceptors (Lipinski definition) is 7. The predicted octanol–water partition coefficient (Wildman–Crippen LogP) is 1.82. The fourth-order valence-corrected chi connectivity index (χ4v) is 2.03. The molecule has 0 aromatic heterocycles. The summed E-state index contributed by atoms with van der Waals surface area (Å²) >= 11 is 0. The van der Waals surface area contributed by atoms with Crippen LogP contribution in [0.5, 0.6) is 0 Å². The molecular weight excluding hydrogens is 380 g/mol. The smallest absolute Gasteiger partial charge is 0.408 e. The third-order valence-electron chi connectivity index (χ3n) is 3.33. The van der Waals surface area contributed by atoms with E-state index in [9.17, 15) is 19.2 Å². The molecule has 0 saturated heterocycles. The molecule has 2 amide bonds. The van der Waals surface area contributed by atoms with Crippen molar-refractivity contribution in [2.24, 2.45) is 0 Å². The number of methoxy groups -OCH3 is 1. The molecule has 0 aliphatic heterocycles. The Morgan fingerprint density at radius 2 is 1.72 bits per heavy atom. The van der Waals surface area contributed by atoms with Crippen LogP contribution in [0.25, 0.3) is 0 Å². The molecule has 9 heteroatoms. The van der Waals surface area contributed by atoms with E-state index in [-0.39, 0.29) is 12.3 Å². The van der Waals surface area contributed by atoms with Crippen molar-refractivity contribution in [1.82, 2.24) is 10.6 Å². The maximum Gasteiger partial charge on any atom is 0.408 e. The highest BCUT2D eigenvalue weighted by Crippen LogP contribution is 2.08. The lowest BCUT2D eigenvalue weighted by atomic mass is 10.2. The van der Waals surface area contributed by atoms with Crippen LogP contribution in [0.4, 0.5) is 4.79 Å². The highest BCUT2D eigenvalue weighted by atomic mass is 16.6. The Hall–Kier alpha value is -3.36. The zero-order chi connectivity index (χ0) is 22.0. The summed E-state index contributed by atoms with van der Waals surface area (Å²) in [6.45, 7) is 8.33. The second-order valence-corrected chi connectivity index (χ2v) is 7.01. The predicted molar refractivity (Wildman–Crippen MR) is 103 cm³/mol. The van der Waals surface area contributed by atoms with Crippen LogP contribution in [-0.4, -0.2) is 42.7 Å². The van der Waals surface area contributed by atoms with Gasteiger partial charge in [0.2, 0.25) is 5.91 Å². The van der Waals surface area contributed by atoms with Crippen molar-refractivity contribution in [3.05, 3.63) is 48.2 Å². The Bertz CT molecular complexity index is 754. The quantitative estimate of drug-likeness (QED) is 0.384. The van der Waals surface area contributed by atoms with Crippen molar-refractivity contribution in [3.63, 3.8) is 0 Å². The highest BCUT2D eigenvalue weighted by Gasteiger charge is 2.28. The largest absolute Gasteiger partial charge is 0.464 e. The van der Waals surface area contributed by atoms with E-state index in [1.165, 1.54) is 0 Å². The maximum atomic E-state index is 12.4. The van der Waals surface area contributed by atoms with Crippen molar-refractivity contribution in [1.29, 1.82) is 0 Å². The number of alkyl carbamates (subject to hydrolysis) is 1. The summed E-state index contributed by atoms with van der Waals surface area (Å²) in [7, 11) is 1.12. The number of benzene rings is 1. The number of esters is 2. The second kappa shape index (κ2) is 10.8. The van der Waals surface area contributed by atoms with Crippen LogP contribution in [0, 0.1) is 0 Å². The lowest BCUT2D eigenvalue weighted by Gasteiger charge is -2.23. The number of hydrogen-bond donors (Lipinski definition) is 2. The van der Waals surface area contributed by atoms with Crippen molar-refractivity contribution in [3.8, 4) is 0 Å². The van der Waals surface area contributed by atoms with Crippen molar-refractivity contribution < 1.29 is 33.4 Å². The molecule has 1 aromatic carbocycles. The van der Waals surface area contributed by atoms with E-state index >= 15 is 0 Å². The maximum absolute atomic E-state index is 12.4. The van der Waals surface area contributed by atoms with Gasteiger partial charge in [-0.15, -0.1) is 0 Å². The number of ether oxygens (including phenoxy) is 3. The van der Waals surface area contributed by atoms with Gasteiger partial charge in [0.15, 0.2) is 0 Å². The van der Waals surface area contributed by atoms with E-state index in [1.807, 2.05) is 6.07 Å². The van der Waals surface area contributed by atoms with Gasteiger partial charge in [0.25, 0.3) is 0 Å². The average Bonchev–Trinajstić information content (AvgIpc) is 2.64. The molecule has 0 unspecified atom stereocenters. The van der Waals surface area contributed by atoms with Crippen LogP contribution >= 0.6 is 0 Å². The summed E-state index contributed by atoms with van der Waals surface area (Å²) in [5.41, 5.74) is -0.388. The summed E-state index contributed by atoms with van der Waals surface area (Å²) < 4.78 is 14.7. The normalized spacial score (nSPS) is 11.6. The van der Waals surface area contributed by atoms with Crippen LogP contribution in [-0.2, 0) is 35.2 Å². The van der Waals surface area contributed by atoms with Crippen LogP contribution in [0.3, 0.4) is 0 Å². The molecular formula is C20H26N2O7. The number of nitrogens with one attached hydrogen (secondary N) is 2. The first kappa shape index (κ1) is 23.7. The molecule has 1 atom stereocenters. The van der Waals surface area contributed by atoms with Crippen molar-refractivity contribution in [2.45, 2.75) is 45.4 Å². The summed E-state index contributed by atoms with van der Waals surface area (Å²) in [6, 6.07) is 7.61.